The Kier molecular flexibility index (Phi) is 3.28. The van der Waals surface area contributed by atoms with Crippen molar-refractivity contribution in [2.45, 2.75) is 24.9 Å². The third-order valence-electron chi connectivity index (χ3n) is 3.69. The molecule has 0 amide bonds. The largest absolute Gasteiger partial charge is 0.416 e. The van der Waals surface area contributed by atoms with Crippen LogP contribution in [0.5, 0.6) is 0 Å². The third-order valence-corrected chi connectivity index (χ3v) is 3.69. The van der Waals surface area contributed by atoms with E-state index in [1.807, 2.05) is 18.2 Å². The summed E-state index contributed by atoms with van der Waals surface area (Å²) < 4.78 is 37.6. The molecule has 1 aliphatic rings. The number of alkyl halides is 3. The second kappa shape index (κ2) is 4.97. The van der Waals surface area contributed by atoms with Crippen molar-refractivity contribution >= 4 is 0 Å². The van der Waals surface area contributed by atoms with Crippen LogP contribution in [0.2, 0.25) is 0 Å². The van der Waals surface area contributed by atoms with Gasteiger partial charge >= 0.3 is 6.18 Å². The molecule has 3 heteroatoms. The minimum absolute atomic E-state index is 0.0761. The minimum atomic E-state index is -4.27. The molecular formula is C17H13F3. The molecule has 0 saturated carbocycles. The Labute approximate surface area is 116 Å². The van der Waals surface area contributed by atoms with Crippen molar-refractivity contribution in [1.82, 2.24) is 0 Å². The van der Waals surface area contributed by atoms with Crippen LogP contribution in [0.1, 0.15) is 34.6 Å². The molecule has 0 nitrogen and oxygen atoms in total. The Bertz CT molecular complexity index is 596. The summed E-state index contributed by atoms with van der Waals surface area (Å²) in [6, 6.07) is 13.5. The predicted octanol–water partition coefficient (Wildman–Crippen LogP) is 4.86. The van der Waals surface area contributed by atoms with Crippen molar-refractivity contribution in [2.24, 2.45) is 0 Å². The third kappa shape index (κ3) is 2.58. The lowest BCUT2D eigenvalue weighted by Crippen LogP contribution is -2.11. The van der Waals surface area contributed by atoms with Crippen LogP contribution < -0.4 is 0 Å². The smallest absolute Gasteiger partial charge is 0.166 e. The maximum Gasteiger partial charge on any atom is 0.416 e. The molecule has 0 aromatic heterocycles. The second-order valence-electron chi connectivity index (χ2n) is 5.01. The summed E-state index contributed by atoms with van der Waals surface area (Å²) in [5.41, 5.74) is 2.63. The molecule has 1 atom stereocenters. The minimum Gasteiger partial charge on any atom is -0.166 e. The molecule has 3 rings (SSSR count). The molecular weight excluding hydrogens is 261 g/mol. The zero-order valence-corrected chi connectivity index (χ0v) is 10.7. The van der Waals surface area contributed by atoms with Crippen molar-refractivity contribution in [3.05, 3.63) is 77.2 Å². The molecule has 0 spiro atoms. The number of fused-ring (bicyclic) bond motifs is 1. The zero-order chi connectivity index (χ0) is 14.2. The topological polar surface area (TPSA) is 0 Å². The van der Waals surface area contributed by atoms with Crippen LogP contribution in [-0.4, -0.2) is 0 Å². The summed E-state index contributed by atoms with van der Waals surface area (Å²) >= 11 is 0. The van der Waals surface area contributed by atoms with E-state index < -0.39 is 11.7 Å². The normalized spacial score (nSPS) is 18.6. The van der Waals surface area contributed by atoms with Crippen molar-refractivity contribution in [3.8, 4) is 0 Å². The Morgan fingerprint density at radius 3 is 2.35 bits per heavy atom. The van der Waals surface area contributed by atoms with Gasteiger partial charge in [0.1, 0.15) is 0 Å². The van der Waals surface area contributed by atoms with E-state index in [4.69, 9.17) is 0 Å². The van der Waals surface area contributed by atoms with Gasteiger partial charge in [0.05, 0.1) is 5.56 Å². The SMILES string of the molecule is FC(F)(F)c1ccc(C2[C]c3ccccc3CC2)cc1. The Morgan fingerprint density at radius 1 is 0.950 bits per heavy atom. The standard InChI is InChI=1S/C17H13F3/c18-17(19,20)16-9-7-13(8-10-16)15-6-5-12-3-1-2-4-14(12)11-15/h1-4,7-10,15H,5-6H2. The molecule has 1 unspecified atom stereocenters. The Balaban J connectivity index is 1.81. The van der Waals surface area contributed by atoms with E-state index in [9.17, 15) is 13.2 Å². The zero-order valence-electron chi connectivity index (χ0n) is 10.7. The molecule has 2 radical (unpaired) electrons. The number of rotatable bonds is 1. The van der Waals surface area contributed by atoms with E-state index in [2.05, 4.69) is 12.5 Å². The quantitative estimate of drug-likeness (QED) is 0.696. The molecule has 0 aliphatic heterocycles. The molecule has 0 bridgehead atoms. The highest BCUT2D eigenvalue weighted by Gasteiger charge is 2.30. The van der Waals surface area contributed by atoms with Gasteiger partial charge in [-0.15, -0.1) is 0 Å². The van der Waals surface area contributed by atoms with Crippen molar-refractivity contribution in [2.75, 3.05) is 0 Å². The van der Waals surface area contributed by atoms with Gasteiger partial charge in [-0.3, -0.25) is 0 Å². The summed E-state index contributed by atoms with van der Waals surface area (Å²) in [6.45, 7) is 0. The van der Waals surface area contributed by atoms with Crippen LogP contribution >= 0.6 is 0 Å². The van der Waals surface area contributed by atoms with Gasteiger partial charge in [0.25, 0.3) is 0 Å². The number of aryl methyl sites for hydroxylation is 1. The molecule has 102 valence electrons. The predicted molar refractivity (Wildman–Crippen MR) is 71.3 cm³/mol. The first kappa shape index (κ1) is 13.2. The fourth-order valence-corrected chi connectivity index (χ4v) is 2.59. The van der Waals surface area contributed by atoms with Gasteiger partial charge in [-0.05, 0) is 47.6 Å². The number of hydrogen-bond donors (Lipinski definition) is 0. The second-order valence-corrected chi connectivity index (χ2v) is 5.01. The van der Waals surface area contributed by atoms with Gasteiger partial charge in [-0.25, -0.2) is 0 Å². The molecule has 0 N–H and O–H groups in total. The van der Waals surface area contributed by atoms with Crippen LogP contribution in [0, 0.1) is 6.42 Å². The first-order valence-corrected chi connectivity index (χ1v) is 6.55. The van der Waals surface area contributed by atoms with Crippen molar-refractivity contribution < 1.29 is 13.2 Å². The average molecular weight is 274 g/mol. The fourth-order valence-electron chi connectivity index (χ4n) is 2.59. The summed E-state index contributed by atoms with van der Waals surface area (Å²) in [7, 11) is 0. The molecule has 1 aliphatic carbocycles. The van der Waals surface area contributed by atoms with Gasteiger partial charge in [0.15, 0.2) is 0 Å². The summed E-state index contributed by atoms with van der Waals surface area (Å²) in [4.78, 5) is 0. The summed E-state index contributed by atoms with van der Waals surface area (Å²) in [6.07, 6.45) is 0.948. The maximum absolute atomic E-state index is 12.5. The highest BCUT2D eigenvalue weighted by Crippen LogP contribution is 2.36. The summed E-state index contributed by atoms with van der Waals surface area (Å²) in [5.74, 6) is 0.0761. The van der Waals surface area contributed by atoms with E-state index in [0.29, 0.717) is 0 Å². The molecule has 0 saturated heterocycles. The van der Waals surface area contributed by atoms with Crippen LogP contribution in [0.25, 0.3) is 0 Å². The molecule has 0 heterocycles. The van der Waals surface area contributed by atoms with Crippen LogP contribution in [-0.2, 0) is 12.6 Å². The van der Waals surface area contributed by atoms with Crippen LogP contribution in [0.15, 0.2) is 48.5 Å². The van der Waals surface area contributed by atoms with Gasteiger partial charge in [0.2, 0.25) is 0 Å². The lowest BCUT2D eigenvalue weighted by Gasteiger charge is -2.24. The van der Waals surface area contributed by atoms with Gasteiger partial charge in [0, 0.05) is 6.42 Å². The van der Waals surface area contributed by atoms with E-state index in [-0.39, 0.29) is 5.92 Å². The maximum atomic E-state index is 12.5. The van der Waals surface area contributed by atoms with Gasteiger partial charge in [-0.2, -0.15) is 13.2 Å². The van der Waals surface area contributed by atoms with E-state index in [1.54, 1.807) is 12.1 Å². The lowest BCUT2D eigenvalue weighted by atomic mass is 9.80. The van der Waals surface area contributed by atoms with Crippen molar-refractivity contribution in [3.63, 3.8) is 0 Å². The Hall–Kier alpha value is -1.77. The molecule has 20 heavy (non-hydrogen) atoms. The fraction of sp³-hybridized carbons (Fsp3) is 0.235. The average Bonchev–Trinajstić information content (AvgIpc) is 2.46. The number of halogens is 3. The Morgan fingerprint density at radius 2 is 1.65 bits per heavy atom. The first-order chi connectivity index (χ1) is 9.54. The lowest BCUT2D eigenvalue weighted by molar-refractivity contribution is -0.137. The number of benzene rings is 2. The first-order valence-electron chi connectivity index (χ1n) is 6.55. The molecule has 0 fully saturated rings. The van der Waals surface area contributed by atoms with Crippen LogP contribution in [0.3, 0.4) is 0 Å². The van der Waals surface area contributed by atoms with E-state index in [1.165, 1.54) is 5.56 Å². The highest BCUT2D eigenvalue weighted by molar-refractivity contribution is 5.41. The van der Waals surface area contributed by atoms with Gasteiger partial charge < -0.3 is 0 Å². The van der Waals surface area contributed by atoms with E-state index in [0.717, 1.165) is 36.1 Å². The molecule has 2 aromatic rings. The van der Waals surface area contributed by atoms with Gasteiger partial charge in [-0.1, -0.05) is 36.4 Å². The van der Waals surface area contributed by atoms with E-state index >= 15 is 0 Å². The monoisotopic (exact) mass is 274 g/mol. The van der Waals surface area contributed by atoms with Crippen LogP contribution in [0.4, 0.5) is 13.2 Å². The number of hydrogen-bond acceptors (Lipinski definition) is 0. The summed E-state index contributed by atoms with van der Waals surface area (Å²) in [5, 5.41) is 0. The molecule has 2 aromatic carbocycles. The van der Waals surface area contributed by atoms with Crippen molar-refractivity contribution in [1.29, 1.82) is 0 Å². The highest BCUT2D eigenvalue weighted by atomic mass is 19.4.